The van der Waals surface area contributed by atoms with Crippen molar-refractivity contribution in [3.05, 3.63) is 23.8 Å². The highest BCUT2D eigenvalue weighted by Gasteiger charge is 2.09. The summed E-state index contributed by atoms with van der Waals surface area (Å²) >= 11 is 0. The number of aliphatic imine (C=N–C) groups is 1. The summed E-state index contributed by atoms with van der Waals surface area (Å²) in [7, 11) is 1.82. The maximum atomic E-state index is 4.07. The molecule has 0 aliphatic rings. The van der Waals surface area contributed by atoms with E-state index in [9.17, 15) is 0 Å². The van der Waals surface area contributed by atoms with Gasteiger partial charge in [-0.25, -0.2) is 0 Å². The number of nitrogens with one attached hydrogen (secondary N) is 1. The molecule has 0 bridgehead atoms. The van der Waals surface area contributed by atoms with Gasteiger partial charge in [-0.2, -0.15) is 0 Å². The summed E-state index contributed by atoms with van der Waals surface area (Å²) in [4.78, 5) is 4.07. The van der Waals surface area contributed by atoms with E-state index in [1.807, 2.05) is 13.3 Å². The second-order valence-electron chi connectivity index (χ2n) is 4.78. The lowest BCUT2D eigenvalue weighted by molar-refractivity contribution is 0.466. The lowest BCUT2D eigenvalue weighted by Gasteiger charge is -2.20. The van der Waals surface area contributed by atoms with Crippen molar-refractivity contribution in [1.29, 1.82) is 0 Å². The number of hydrogen-bond acceptors (Lipinski definition) is 2. The van der Waals surface area contributed by atoms with Crippen LogP contribution in [-0.4, -0.2) is 25.8 Å². The number of allylic oxidation sites excluding steroid dienone is 2. The van der Waals surface area contributed by atoms with Crippen LogP contribution in [0.1, 0.15) is 40.5 Å². The van der Waals surface area contributed by atoms with Crippen molar-refractivity contribution in [1.82, 2.24) is 5.32 Å². The van der Waals surface area contributed by atoms with Gasteiger partial charge >= 0.3 is 0 Å². The monoisotopic (exact) mass is 236 g/mol. The van der Waals surface area contributed by atoms with Crippen LogP contribution in [0.5, 0.6) is 0 Å². The van der Waals surface area contributed by atoms with Gasteiger partial charge in [0.1, 0.15) is 0 Å². The minimum Gasteiger partial charge on any atom is -0.310 e. The molecule has 0 aliphatic heterocycles. The van der Waals surface area contributed by atoms with Crippen LogP contribution < -0.4 is 5.32 Å². The second kappa shape index (κ2) is 9.17. The number of nitrogens with zero attached hydrogens (tertiary/aromatic N) is 1. The summed E-state index contributed by atoms with van der Waals surface area (Å²) in [6.45, 7) is 13.7. The van der Waals surface area contributed by atoms with E-state index in [1.54, 1.807) is 0 Å². The second-order valence-corrected chi connectivity index (χ2v) is 4.78. The first-order valence-corrected chi connectivity index (χ1v) is 6.51. The van der Waals surface area contributed by atoms with Crippen LogP contribution in [0.15, 0.2) is 28.8 Å². The van der Waals surface area contributed by atoms with E-state index in [2.05, 4.69) is 50.7 Å². The maximum Gasteiger partial charge on any atom is 0.0277 e. The molecule has 0 rings (SSSR count). The molecule has 2 unspecified atom stereocenters. The molecular weight excluding hydrogens is 208 g/mol. The fourth-order valence-corrected chi connectivity index (χ4v) is 1.90. The first kappa shape index (κ1) is 16.1. The largest absolute Gasteiger partial charge is 0.310 e. The summed E-state index contributed by atoms with van der Waals surface area (Å²) in [6, 6.07) is 0.450. The van der Waals surface area contributed by atoms with Gasteiger partial charge in [-0.1, -0.05) is 32.1 Å². The Morgan fingerprint density at radius 2 is 2.12 bits per heavy atom. The van der Waals surface area contributed by atoms with Crippen molar-refractivity contribution in [2.45, 2.75) is 46.6 Å². The summed E-state index contributed by atoms with van der Waals surface area (Å²) in [5.41, 5.74) is 2.53. The molecule has 0 aromatic rings. The lowest BCUT2D eigenvalue weighted by Crippen LogP contribution is -2.33. The molecule has 0 saturated heterocycles. The van der Waals surface area contributed by atoms with Crippen molar-refractivity contribution in [2.24, 2.45) is 10.9 Å². The van der Waals surface area contributed by atoms with Crippen molar-refractivity contribution in [3.8, 4) is 0 Å². The number of rotatable bonds is 8. The number of hydrogen-bond donors (Lipinski definition) is 1. The highest BCUT2D eigenvalue weighted by atomic mass is 14.9. The molecule has 0 aromatic carbocycles. The van der Waals surface area contributed by atoms with Gasteiger partial charge in [0.15, 0.2) is 0 Å². The van der Waals surface area contributed by atoms with Gasteiger partial charge in [0.25, 0.3) is 0 Å². The molecule has 0 saturated carbocycles. The van der Waals surface area contributed by atoms with Crippen molar-refractivity contribution in [3.63, 3.8) is 0 Å². The first-order chi connectivity index (χ1) is 8.04. The third kappa shape index (κ3) is 7.11. The molecule has 2 atom stereocenters. The average Bonchev–Trinajstić information content (AvgIpc) is 2.28. The molecule has 0 fully saturated rings. The minimum atomic E-state index is 0.450. The zero-order chi connectivity index (χ0) is 13.3. The standard InChI is InChI=1S/C15H28N2/c1-7-14(11-16-6)9-13(5)10-17-15(8-2)12(3)4/h7,11,13,15,17H,3,8-10H2,1-2,4-6H3/b14-7-,16-11?. The van der Waals surface area contributed by atoms with Gasteiger partial charge < -0.3 is 5.32 Å². The first-order valence-electron chi connectivity index (χ1n) is 6.51. The summed E-state index contributed by atoms with van der Waals surface area (Å²) in [6.07, 6.45) is 6.27. The Bertz CT molecular complexity index is 277. The van der Waals surface area contributed by atoms with Gasteiger partial charge in [0.05, 0.1) is 0 Å². The third-order valence-corrected chi connectivity index (χ3v) is 2.97. The molecule has 0 radical (unpaired) electrons. The molecule has 2 nitrogen and oxygen atoms in total. The van der Waals surface area contributed by atoms with Crippen molar-refractivity contribution < 1.29 is 0 Å². The van der Waals surface area contributed by atoms with Gasteiger partial charge in [0, 0.05) is 19.3 Å². The van der Waals surface area contributed by atoms with E-state index >= 15 is 0 Å². The van der Waals surface area contributed by atoms with Crippen LogP contribution in [0.25, 0.3) is 0 Å². The molecule has 0 aromatic heterocycles. The maximum absolute atomic E-state index is 4.07. The molecule has 1 N–H and O–H groups in total. The zero-order valence-electron chi connectivity index (χ0n) is 12.1. The van der Waals surface area contributed by atoms with Crippen LogP contribution >= 0.6 is 0 Å². The van der Waals surface area contributed by atoms with E-state index < -0.39 is 0 Å². The van der Waals surface area contributed by atoms with Gasteiger partial charge in [-0.3, -0.25) is 4.99 Å². The van der Waals surface area contributed by atoms with Crippen molar-refractivity contribution in [2.75, 3.05) is 13.6 Å². The average molecular weight is 236 g/mol. The van der Waals surface area contributed by atoms with E-state index in [1.165, 1.54) is 11.1 Å². The Hall–Kier alpha value is -0.890. The Morgan fingerprint density at radius 3 is 2.53 bits per heavy atom. The molecule has 0 spiro atoms. The molecule has 0 aliphatic carbocycles. The lowest BCUT2D eigenvalue weighted by atomic mass is 10.00. The molecule has 98 valence electrons. The predicted molar refractivity (Wildman–Crippen MR) is 78.8 cm³/mol. The van der Waals surface area contributed by atoms with Crippen molar-refractivity contribution >= 4 is 6.21 Å². The van der Waals surface area contributed by atoms with E-state index in [-0.39, 0.29) is 0 Å². The summed E-state index contributed by atoms with van der Waals surface area (Å²) in [5, 5.41) is 3.57. The van der Waals surface area contributed by atoms with Gasteiger partial charge in [0.2, 0.25) is 0 Å². The van der Waals surface area contributed by atoms with E-state index in [0.717, 1.165) is 19.4 Å². The highest BCUT2D eigenvalue weighted by Crippen LogP contribution is 2.10. The quantitative estimate of drug-likeness (QED) is 0.505. The van der Waals surface area contributed by atoms with Crippen LogP contribution in [0.2, 0.25) is 0 Å². The van der Waals surface area contributed by atoms with E-state index in [0.29, 0.717) is 12.0 Å². The van der Waals surface area contributed by atoms with E-state index in [4.69, 9.17) is 0 Å². The Labute approximate surface area is 107 Å². The fourth-order valence-electron chi connectivity index (χ4n) is 1.90. The van der Waals surface area contributed by atoms with Crippen LogP contribution in [0.3, 0.4) is 0 Å². The zero-order valence-corrected chi connectivity index (χ0v) is 12.1. The normalized spacial score (nSPS) is 16.2. The van der Waals surface area contributed by atoms with Crippen LogP contribution in [-0.2, 0) is 0 Å². The van der Waals surface area contributed by atoms with Crippen LogP contribution in [0.4, 0.5) is 0 Å². The topological polar surface area (TPSA) is 24.4 Å². The Kier molecular flexibility index (Phi) is 8.69. The smallest absolute Gasteiger partial charge is 0.0277 e. The predicted octanol–water partition coefficient (Wildman–Crippen LogP) is 3.60. The Balaban J connectivity index is 4.09. The van der Waals surface area contributed by atoms with Gasteiger partial charge in [-0.05, 0) is 44.7 Å². The summed E-state index contributed by atoms with van der Waals surface area (Å²) in [5.74, 6) is 0.618. The highest BCUT2D eigenvalue weighted by molar-refractivity contribution is 5.78. The SMILES string of the molecule is C=C(C)C(CC)NCC(C)C/C(C=NC)=C/C. The molecule has 0 heterocycles. The minimum absolute atomic E-state index is 0.450. The van der Waals surface area contributed by atoms with Gasteiger partial charge in [-0.15, -0.1) is 0 Å². The Morgan fingerprint density at radius 1 is 1.47 bits per heavy atom. The molecular formula is C15H28N2. The van der Waals surface area contributed by atoms with Crippen LogP contribution in [0, 0.1) is 5.92 Å². The molecule has 0 amide bonds. The fraction of sp³-hybridized carbons (Fsp3) is 0.667. The summed E-state index contributed by atoms with van der Waals surface area (Å²) < 4.78 is 0. The molecule has 17 heavy (non-hydrogen) atoms. The molecule has 2 heteroatoms. The third-order valence-electron chi connectivity index (χ3n) is 2.97.